The first-order valence-electron chi connectivity index (χ1n) is 9.09. The predicted molar refractivity (Wildman–Crippen MR) is 105 cm³/mol. The van der Waals surface area contributed by atoms with E-state index in [-0.39, 0.29) is 12.2 Å². The molecule has 4 rings (SSSR count). The van der Waals surface area contributed by atoms with Gasteiger partial charge in [0.05, 0.1) is 0 Å². The van der Waals surface area contributed by atoms with Gasteiger partial charge in [0.2, 0.25) is 11.7 Å². The van der Waals surface area contributed by atoms with Crippen molar-refractivity contribution in [2.45, 2.75) is 20.4 Å². The molecule has 4 aromatic rings. The third-order valence-corrected chi connectivity index (χ3v) is 4.41. The van der Waals surface area contributed by atoms with E-state index in [1.54, 1.807) is 17.7 Å². The fourth-order valence-corrected chi connectivity index (χ4v) is 2.93. The van der Waals surface area contributed by atoms with E-state index >= 15 is 0 Å². The highest BCUT2D eigenvalue weighted by Gasteiger charge is 2.16. The van der Waals surface area contributed by atoms with Crippen LogP contribution in [-0.4, -0.2) is 25.6 Å². The fourth-order valence-electron chi connectivity index (χ4n) is 2.93. The van der Waals surface area contributed by atoms with Crippen molar-refractivity contribution in [2.75, 3.05) is 5.32 Å². The molecule has 0 radical (unpaired) electrons. The van der Waals surface area contributed by atoms with Crippen LogP contribution in [-0.2, 0) is 11.3 Å². The van der Waals surface area contributed by atoms with Crippen LogP contribution in [0.25, 0.3) is 23.0 Å². The first-order chi connectivity index (χ1) is 14.4. The molecule has 0 aliphatic carbocycles. The second-order valence-corrected chi connectivity index (χ2v) is 6.77. The number of amides is 1. The number of halogens is 2. The molecule has 0 aliphatic rings. The first kappa shape index (κ1) is 19.4. The highest BCUT2D eigenvalue weighted by atomic mass is 19.2. The van der Waals surface area contributed by atoms with Gasteiger partial charge in [-0.05, 0) is 38.1 Å². The Hall–Kier alpha value is -3.88. The van der Waals surface area contributed by atoms with E-state index < -0.39 is 17.5 Å². The maximum Gasteiger partial charge on any atom is 0.258 e. The van der Waals surface area contributed by atoms with Crippen molar-refractivity contribution in [1.82, 2.24) is 19.7 Å². The Bertz CT molecular complexity index is 1230. The van der Waals surface area contributed by atoms with Crippen molar-refractivity contribution in [3.05, 3.63) is 71.7 Å². The summed E-state index contributed by atoms with van der Waals surface area (Å²) in [6.07, 6.45) is 1.63. The normalized spacial score (nSPS) is 10.9. The number of hydrogen-bond acceptors (Lipinski definition) is 5. The molecular formula is C21H17F2N5O2. The quantitative estimate of drug-likeness (QED) is 0.536. The zero-order chi connectivity index (χ0) is 21.3. The fraction of sp³-hybridized carbons (Fsp3) is 0.143. The Morgan fingerprint density at radius 1 is 1.10 bits per heavy atom. The van der Waals surface area contributed by atoms with Crippen LogP contribution < -0.4 is 5.32 Å². The molecule has 0 fully saturated rings. The van der Waals surface area contributed by atoms with Gasteiger partial charge >= 0.3 is 0 Å². The van der Waals surface area contributed by atoms with Crippen molar-refractivity contribution < 1.29 is 18.1 Å². The van der Waals surface area contributed by atoms with Crippen LogP contribution in [0, 0.1) is 25.5 Å². The molecule has 30 heavy (non-hydrogen) atoms. The summed E-state index contributed by atoms with van der Waals surface area (Å²) in [5, 5.41) is 6.49. The summed E-state index contributed by atoms with van der Waals surface area (Å²) < 4.78 is 33.2. The van der Waals surface area contributed by atoms with Crippen LogP contribution in [0.3, 0.4) is 0 Å². The van der Waals surface area contributed by atoms with E-state index in [0.29, 0.717) is 23.2 Å². The van der Waals surface area contributed by atoms with Gasteiger partial charge in [0, 0.05) is 23.5 Å². The molecule has 0 saturated carbocycles. The van der Waals surface area contributed by atoms with E-state index in [1.165, 1.54) is 6.07 Å². The summed E-state index contributed by atoms with van der Waals surface area (Å²) in [6, 6.07) is 10.8. The minimum atomic E-state index is -1.03. The van der Waals surface area contributed by atoms with E-state index in [2.05, 4.69) is 20.4 Å². The van der Waals surface area contributed by atoms with Gasteiger partial charge < -0.3 is 14.4 Å². The molecule has 7 nitrogen and oxygen atoms in total. The largest absolute Gasteiger partial charge is 0.334 e. The van der Waals surface area contributed by atoms with Crippen LogP contribution >= 0.6 is 0 Å². The summed E-state index contributed by atoms with van der Waals surface area (Å²) in [7, 11) is 0. The Morgan fingerprint density at radius 3 is 2.70 bits per heavy atom. The molecule has 0 aliphatic heterocycles. The maximum absolute atomic E-state index is 13.3. The number of aryl methyl sites for hydroxylation is 2. The molecule has 0 unspecified atom stereocenters. The average molecular weight is 409 g/mol. The molecule has 2 aromatic heterocycles. The third kappa shape index (κ3) is 4.09. The number of carbonyl (C=O) groups is 1. The van der Waals surface area contributed by atoms with Crippen molar-refractivity contribution in [2.24, 2.45) is 0 Å². The topological polar surface area (TPSA) is 85.8 Å². The number of carbonyl (C=O) groups excluding carboxylic acids is 1. The van der Waals surface area contributed by atoms with Gasteiger partial charge in [-0.2, -0.15) is 4.98 Å². The molecule has 0 atom stereocenters. The predicted octanol–water partition coefficient (Wildman–Crippen LogP) is 4.13. The lowest BCUT2D eigenvalue weighted by atomic mass is 10.1. The van der Waals surface area contributed by atoms with Crippen molar-refractivity contribution >= 4 is 11.6 Å². The number of nitrogens with zero attached hydrogens (tertiary/aromatic N) is 4. The van der Waals surface area contributed by atoms with Crippen molar-refractivity contribution in [3.8, 4) is 23.0 Å². The highest BCUT2D eigenvalue weighted by molar-refractivity contribution is 5.90. The van der Waals surface area contributed by atoms with Crippen LogP contribution in [0.4, 0.5) is 14.5 Å². The zero-order valence-electron chi connectivity index (χ0n) is 16.2. The SMILES string of the molecule is Cc1cccc(-c2nc(-c3cn(CC(=O)Nc4ccc(F)c(F)c4)c(C)n3)no2)c1. The maximum atomic E-state index is 13.3. The molecular weight excluding hydrogens is 392 g/mol. The zero-order valence-corrected chi connectivity index (χ0v) is 16.2. The van der Waals surface area contributed by atoms with Gasteiger partial charge in [-0.1, -0.05) is 22.9 Å². The van der Waals surface area contributed by atoms with Crippen LogP contribution in [0.2, 0.25) is 0 Å². The Morgan fingerprint density at radius 2 is 1.93 bits per heavy atom. The third-order valence-electron chi connectivity index (χ3n) is 4.41. The molecule has 2 aromatic carbocycles. The van der Waals surface area contributed by atoms with Crippen molar-refractivity contribution in [3.63, 3.8) is 0 Å². The van der Waals surface area contributed by atoms with Gasteiger partial charge in [-0.15, -0.1) is 0 Å². The van der Waals surface area contributed by atoms with Crippen LogP contribution in [0.15, 0.2) is 53.2 Å². The summed E-state index contributed by atoms with van der Waals surface area (Å²) in [4.78, 5) is 21.0. The molecule has 1 N–H and O–H groups in total. The van der Waals surface area contributed by atoms with Gasteiger partial charge in [-0.25, -0.2) is 13.8 Å². The molecule has 0 bridgehead atoms. The average Bonchev–Trinajstić information content (AvgIpc) is 3.32. The molecule has 152 valence electrons. The number of benzene rings is 2. The minimum Gasteiger partial charge on any atom is -0.334 e. The van der Waals surface area contributed by atoms with Gasteiger partial charge in [0.1, 0.15) is 18.1 Å². The van der Waals surface area contributed by atoms with Crippen LogP contribution in [0.1, 0.15) is 11.4 Å². The lowest BCUT2D eigenvalue weighted by Crippen LogP contribution is -2.19. The molecule has 0 saturated heterocycles. The number of anilines is 1. The highest BCUT2D eigenvalue weighted by Crippen LogP contribution is 2.22. The molecule has 2 heterocycles. The molecule has 9 heteroatoms. The number of hydrogen-bond donors (Lipinski definition) is 1. The van der Waals surface area contributed by atoms with E-state index in [1.807, 2.05) is 31.2 Å². The Kier molecular flexibility index (Phi) is 5.09. The van der Waals surface area contributed by atoms with Gasteiger partial charge in [0.15, 0.2) is 11.6 Å². The van der Waals surface area contributed by atoms with E-state index in [9.17, 15) is 13.6 Å². The molecule has 0 spiro atoms. The first-order valence-corrected chi connectivity index (χ1v) is 9.09. The Labute approximate surface area is 170 Å². The summed E-state index contributed by atoms with van der Waals surface area (Å²) in [5.41, 5.74) is 2.49. The molecule has 1 amide bonds. The lowest BCUT2D eigenvalue weighted by molar-refractivity contribution is -0.116. The smallest absolute Gasteiger partial charge is 0.258 e. The van der Waals surface area contributed by atoms with Crippen LogP contribution in [0.5, 0.6) is 0 Å². The van der Waals surface area contributed by atoms with Gasteiger partial charge in [0.25, 0.3) is 5.89 Å². The lowest BCUT2D eigenvalue weighted by Gasteiger charge is -2.07. The monoisotopic (exact) mass is 409 g/mol. The number of nitrogens with one attached hydrogen (secondary N) is 1. The summed E-state index contributed by atoms with van der Waals surface area (Å²) in [6.45, 7) is 3.63. The standard InChI is InChI=1S/C21H17F2N5O2/c1-12-4-3-5-14(8-12)21-26-20(27-30-21)18-10-28(13(2)24-18)11-19(29)25-15-6-7-16(22)17(23)9-15/h3-10H,11H2,1-2H3,(H,25,29). The summed E-state index contributed by atoms with van der Waals surface area (Å²) >= 11 is 0. The minimum absolute atomic E-state index is 0.0690. The number of aromatic nitrogens is 4. The van der Waals surface area contributed by atoms with E-state index in [0.717, 1.165) is 23.3 Å². The number of rotatable bonds is 5. The van der Waals surface area contributed by atoms with Gasteiger partial charge in [-0.3, -0.25) is 4.79 Å². The van der Waals surface area contributed by atoms with Crippen molar-refractivity contribution in [1.29, 1.82) is 0 Å². The number of imidazole rings is 1. The second kappa shape index (κ2) is 7.86. The second-order valence-electron chi connectivity index (χ2n) is 6.77. The van der Waals surface area contributed by atoms with E-state index in [4.69, 9.17) is 4.52 Å². The Balaban J connectivity index is 1.49. The summed E-state index contributed by atoms with van der Waals surface area (Å²) in [5.74, 6) is -1.19.